The first-order valence-corrected chi connectivity index (χ1v) is 4.01. The molecule has 2 atom stereocenters. The molecule has 2 nitrogen and oxygen atoms in total. The highest BCUT2D eigenvalue weighted by molar-refractivity contribution is 5.84. The van der Waals surface area contributed by atoms with E-state index in [4.69, 9.17) is 5.11 Å². The number of aliphatic hydroxyl groups excluding tert-OH is 1. The number of carbonyl (C=O) groups excluding carboxylic acids is 1. The SMILES string of the molecule is CC(C)C(=O)[C@@H]1C=C[C@H](O)C1. The summed E-state index contributed by atoms with van der Waals surface area (Å²) in [5.74, 6) is 0.276. The molecular formula is C9H14O2. The molecule has 2 heteroatoms. The Morgan fingerprint density at radius 3 is 2.55 bits per heavy atom. The van der Waals surface area contributed by atoms with Crippen molar-refractivity contribution in [2.24, 2.45) is 11.8 Å². The van der Waals surface area contributed by atoms with Gasteiger partial charge in [0.05, 0.1) is 6.10 Å². The molecule has 0 bridgehead atoms. The van der Waals surface area contributed by atoms with Gasteiger partial charge in [-0.2, -0.15) is 0 Å². The summed E-state index contributed by atoms with van der Waals surface area (Å²) < 4.78 is 0. The van der Waals surface area contributed by atoms with E-state index in [-0.39, 0.29) is 17.6 Å². The molecule has 1 N–H and O–H groups in total. The maximum absolute atomic E-state index is 11.3. The molecule has 0 unspecified atom stereocenters. The summed E-state index contributed by atoms with van der Waals surface area (Å²) in [7, 11) is 0. The van der Waals surface area contributed by atoms with Gasteiger partial charge in [0, 0.05) is 11.8 Å². The first kappa shape index (κ1) is 8.47. The van der Waals surface area contributed by atoms with Crippen LogP contribution < -0.4 is 0 Å². The number of hydrogen-bond acceptors (Lipinski definition) is 2. The van der Waals surface area contributed by atoms with E-state index in [9.17, 15) is 4.79 Å². The predicted molar refractivity (Wildman–Crippen MR) is 43.1 cm³/mol. The molecule has 1 aliphatic carbocycles. The van der Waals surface area contributed by atoms with Crippen LogP contribution >= 0.6 is 0 Å². The van der Waals surface area contributed by atoms with Gasteiger partial charge < -0.3 is 5.11 Å². The van der Waals surface area contributed by atoms with Crippen LogP contribution in [0.25, 0.3) is 0 Å². The molecule has 0 spiro atoms. The summed E-state index contributed by atoms with van der Waals surface area (Å²) in [5.41, 5.74) is 0. The number of allylic oxidation sites excluding steroid dienone is 1. The van der Waals surface area contributed by atoms with E-state index >= 15 is 0 Å². The summed E-state index contributed by atoms with van der Waals surface area (Å²) in [5, 5.41) is 9.09. The highest BCUT2D eigenvalue weighted by Crippen LogP contribution is 2.21. The summed E-state index contributed by atoms with van der Waals surface area (Å²) in [6, 6.07) is 0. The minimum atomic E-state index is -0.400. The number of rotatable bonds is 2. The minimum absolute atomic E-state index is 0.0370. The van der Waals surface area contributed by atoms with Gasteiger partial charge in [-0.05, 0) is 6.42 Å². The smallest absolute Gasteiger partial charge is 0.142 e. The molecule has 0 saturated heterocycles. The van der Waals surface area contributed by atoms with Gasteiger partial charge in [-0.1, -0.05) is 26.0 Å². The van der Waals surface area contributed by atoms with E-state index in [0.29, 0.717) is 6.42 Å². The van der Waals surface area contributed by atoms with Gasteiger partial charge in [-0.25, -0.2) is 0 Å². The topological polar surface area (TPSA) is 37.3 Å². The fourth-order valence-corrected chi connectivity index (χ4v) is 1.32. The van der Waals surface area contributed by atoms with E-state index < -0.39 is 6.10 Å². The number of carbonyl (C=O) groups is 1. The maximum Gasteiger partial charge on any atom is 0.142 e. The van der Waals surface area contributed by atoms with E-state index in [0.717, 1.165) is 0 Å². The third-order valence-electron chi connectivity index (χ3n) is 2.00. The average molecular weight is 154 g/mol. The Kier molecular flexibility index (Phi) is 2.45. The van der Waals surface area contributed by atoms with Crippen molar-refractivity contribution in [1.82, 2.24) is 0 Å². The lowest BCUT2D eigenvalue weighted by atomic mass is 9.95. The van der Waals surface area contributed by atoms with Crippen molar-refractivity contribution in [3.63, 3.8) is 0 Å². The molecule has 0 heterocycles. The largest absolute Gasteiger partial charge is 0.389 e. The van der Waals surface area contributed by atoms with Crippen LogP contribution in [-0.4, -0.2) is 17.0 Å². The van der Waals surface area contributed by atoms with E-state index in [1.807, 2.05) is 19.9 Å². The fraction of sp³-hybridized carbons (Fsp3) is 0.667. The number of Topliss-reactive ketones (excluding diaryl/α,β-unsaturated/α-hetero) is 1. The van der Waals surface area contributed by atoms with Crippen LogP contribution in [0.2, 0.25) is 0 Å². The fourth-order valence-electron chi connectivity index (χ4n) is 1.32. The van der Waals surface area contributed by atoms with E-state index in [1.54, 1.807) is 6.08 Å². The Bertz CT molecular complexity index is 182. The maximum atomic E-state index is 11.3. The van der Waals surface area contributed by atoms with Gasteiger partial charge in [0.1, 0.15) is 5.78 Å². The molecule has 11 heavy (non-hydrogen) atoms. The van der Waals surface area contributed by atoms with Crippen molar-refractivity contribution in [1.29, 1.82) is 0 Å². The highest BCUT2D eigenvalue weighted by Gasteiger charge is 2.24. The minimum Gasteiger partial charge on any atom is -0.389 e. The Morgan fingerprint density at radius 1 is 1.55 bits per heavy atom. The third-order valence-corrected chi connectivity index (χ3v) is 2.00. The molecule has 0 aromatic heterocycles. The zero-order chi connectivity index (χ0) is 8.43. The zero-order valence-electron chi connectivity index (χ0n) is 6.95. The highest BCUT2D eigenvalue weighted by atomic mass is 16.3. The van der Waals surface area contributed by atoms with Crippen molar-refractivity contribution in [3.05, 3.63) is 12.2 Å². The predicted octanol–water partition coefficient (Wildman–Crippen LogP) is 1.15. The van der Waals surface area contributed by atoms with Crippen LogP contribution in [0.1, 0.15) is 20.3 Å². The van der Waals surface area contributed by atoms with Crippen LogP contribution in [-0.2, 0) is 4.79 Å². The molecule has 1 aliphatic rings. The van der Waals surface area contributed by atoms with Crippen LogP contribution in [0.15, 0.2) is 12.2 Å². The van der Waals surface area contributed by atoms with Crippen molar-refractivity contribution in [3.8, 4) is 0 Å². The second-order valence-electron chi connectivity index (χ2n) is 3.35. The zero-order valence-corrected chi connectivity index (χ0v) is 6.95. The molecule has 0 saturated carbocycles. The van der Waals surface area contributed by atoms with Crippen LogP contribution in [0, 0.1) is 11.8 Å². The molecule has 0 aromatic rings. The average Bonchev–Trinajstić information content (AvgIpc) is 2.34. The molecule has 0 amide bonds. The van der Waals surface area contributed by atoms with Crippen molar-refractivity contribution >= 4 is 5.78 Å². The molecular weight excluding hydrogens is 140 g/mol. The molecule has 0 aliphatic heterocycles. The first-order chi connectivity index (χ1) is 5.11. The van der Waals surface area contributed by atoms with Gasteiger partial charge in [0.2, 0.25) is 0 Å². The lowest BCUT2D eigenvalue weighted by Crippen LogP contribution is -2.18. The van der Waals surface area contributed by atoms with Crippen molar-refractivity contribution < 1.29 is 9.90 Å². The summed E-state index contributed by atoms with van der Waals surface area (Å²) in [4.78, 5) is 11.3. The summed E-state index contributed by atoms with van der Waals surface area (Å²) in [6.07, 6.45) is 3.69. The van der Waals surface area contributed by atoms with Gasteiger partial charge in [-0.15, -0.1) is 0 Å². The van der Waals surface area contributed by atoms with Crippen molar-refractivity contribution in [2.75, 3.05) is 0 Å². The van der Waals surface area contributed by atoms with Gasteiger partial charge >= 0.3 is 0 Å². The Labute approximate surface area is 66.9 Å². The van der Waals surface area contributed by atoms with Crippen LogP contribution in [0.4, 0.5) is 0 Å². The Balaban J connectivity index is 2.51. The van der Waals surface area contributed by atoms with Gasteiger partial charge in [-0.3, -0.25) is 4.79 Å². The molecule has 1 rings (SSSR count). The van der Waals surface area contributed by atoms with E-state index in [1.165, 1.54) is 0 Å². The van der Waals surface area contributed by atoms with Crippen LogP contribution in [0.3, 0.4) is 0 Å². The summed E-state index contributed by atoms with van der Waals surface area (Å²) >= 11 is 0. The second kappa shape index (κ2) is 3.18. The molecule has 62 valence electrons. The monoisotopic (exact) mass is 154 g/mol. The standard InChI is InChI=1S/C9H14O2/c1-6(2)9(11)7-3-4-8(10)5-7/h3-4,6-8,10H,5H2,1-2H3/t7-,8+/m1/s1. The Hall–Kier alpha value is -0.630. The second-order valence-corrected chi connectivity index (χ2v) is 3.35. The normalized spacial score (nSPS) is 29.8. The third kappa shape index (κ3) is 1.90. The van der Waals surface area contributed by atoms with E-state index in [2.05, 4.69) is 0 Å². The van der Waals surface area contributed by atoms with Gasteiger partial charge in [0.15, 0.2) is 0 Å². The Morgan fingerprint density at radius 2 is 2.18 bits per heavy atom. The lowest BCUT2D eigenvalue weighted by Gasteiger charge is -2.09. The van der Waals surface area contributed by atoms with Crippen molar-refractivity contribution in [2.45, 2.75) is 26.4 Å². The quantitative estimate of drug-likeness (QED) is 0.606. The molecule has 0 radical (unpaired) electrons. The van der Waals surface area contributed by atoms with Gasteiger partial charge in [0.25, 0.3) is 0 Å². The van der Waals surface area contributed by atoms with Crippen LogP contribution in [0.5, 0.6) is 0 Å². The summed E-state index contributed by atoms with van der Waals surface area (Å²) in [6.45, 7) is 3.78. The lowest BCUT2D eigenvalue weighted by molar-refractivity contribution is -0.124. The molecule has 0 aromatic carbocycles. The number of ketones is 1. The number of hydrogen-bond donors (Lipinski definition) is 1. The first-order valence-electron chi connectivity index (χ1n) is 4.01. The number of aliphatic hydroxyl groups is 1. The molecule has 0 fully saturated rings.